The van der Waals surface area contributed by atoms with Crippen molar-refractivity contribution in [2.75, 3.05) is 45.6 Å². The molecule has 0 bridgehead atoms. The average molecular weight is 317 g/mol. The predicted octanol–water partition coefficient (Wildman–Crippen LogP) is 2.06. The molecule has 0 radical (unpaired) electrons. The van der Waals surface area contributed by atoms with Gasteiger partial charge in [0.1, 0.15) is 0 Å². The van der Waals surface area contributed by atoms with Gasteiger partial charge in [-0.05, 0) is 77.1 Å². The van der Waals surface area contributed by atoms with Crippen molar-refractivity contribution in [3.8, 4) is 0 Å². The fourth-order valence-corrected chi connectivity index (χ4v) is 2.98. The van der Waals surface area contributed by atoms with E-state index in [0.717, 1.165) is 37.9 Å². The molecule has 0 aliphatic carbocycles. The van der Waals surface area contributed by atoms with Gasteiger partial charge in [0.05, 0.1) is 6.54 Å². The van der Waals surface area contributed by atoms with Crippen LogP contribution in [-0.4, -0.2) is 62.1 Å². The highest BCUT2D eigenvalue weighted by atomic mass is 15.2. The molecule has 5 heteroatoms. The van der Waals surface area contributed by atoms with E-state index in [4.69, 9.17) is 5.73 Å². The van der Waals surface area contributed by atoms with Crippen molar-refractivity contribution in [3.63, 3.8) is 0 Å². The van der Waals surface area contributed by atoms with E-state index in [1.807, 2.05) is 6.07 Å². The number of nitrogens with zero attached hydrogens (tertiary/aromatic N) is 3. The highest BCUT2D eigenvalue weighted by Crippen LogP contribution is 2.14. The van der Waals surface area contributed by atoms with E-state index >= 15 is 0 Å². The summed E-state index contributed by atoms with van der Waals surface area (Å²) in [4.78, 5) is 9.26. The summed E-state index contributed by atoms with van der Waals surface area (Å²) in [5.74, 6) is 0.497. The van der Waals surface area contributed by atoms with Gasteiger partial charge in [-0.25, -0.2) is 0 Å². The van der Waals surface area contributed by atoms with Gasteiger partial charge < -0.3 is 20.9 Å². The van der Waals surface area contributed by atoms with E-state index in [-0.39, 0.29) is 0 Å². The maximum Gasteiger partial charge on any atom is 0.193 e. The Balaban J connectivity index is 1.74. The van der Waals surface area contributed by atoms with Crippen LogP contribution in [0.3, 0.4) is 0 Å². The van der Waals surface area contributed by atoms with Gasteiger partial charge in [-0.15, -0.1) is 0 Å². The number of rotatable bonds is 5. The largest absolute Gasteiger partial charge is 0.370 e. The first-order valence-electron chi connectivity index (χ1n) is 8.48. The maximum atomic E-state index is 5.98. The molecule has 0 saturated carbocycles. The van der Waals surface area contributed by atoms with Gasteiger partial charge in [-0.3, -0.25) is 4.99 Å². The Morgan fingerprint density at radius 3 is 2.57 bits per heavy atom. The number of hydrogen-bond acceptors (Lipinski definition) is 3. The number of anilines is 1. The van der Waals surface area contributed by atoms with Crippen LogP contribution in [0.2, 0.25) is 0 Å². The molecule has 0 aromatic heterocycles. The Kier molecular flexibility index (Phi) is 6.42. The van der Waals surface area contributed by atoms with Gasteiger partial charge >= 0.3 is 0 Å². The second kappa shape index (κ2) is 8.31. The van der Waals surface area contributed by atoms with Crippen LogP contribution in [0.1, 0.15) is 24.0 Å². The van der Waals surface area contributed by atoms with E-state index in [1.165, 1.54) is 24.0 Å². The lowest BCUT2D eigenvalue weighted by atomic mass is 10.0. The summed E-state index contributed by atoms with van der Waals surface area (Å²) < 4.78 is 0. The molecule has 1 saturated heterocycles. The summed E-state index contributed by atoms with van der Waals surface area (Å²) in [7, 11) is 4.34. The van der Waals surface area contributed by atoms with E-state index < -0.39 is 0 Å². The monoisotopic (exact) mass is 317 g/mol. The second-order valence-corrected chi connectivity index (χ2v) is 6.73. The Hall–Kier alpha value is -1.59. The zero-order valence-corrected chi connectivity index (χ0v) is 15.0. The van der Waals surface area contributed by atoms with Crippen LogP contribution in [0.25, 0.3) is 0 Å². The van der Waals surface area contributed by atoms with Crippen molar-refractivity contribution in [1.82, 2.24) is 9.80 Å². The Morgan fingerprint density at radius 2 is 1.96 bits per heavy atom. The summed E-state index contributed by atoms with van der Waals surface area (Å²) in [5, 5.41) is 3.17. The lowest BCUT2D eigenvalue weighted by Crippen LogP contribution is -2.42. The smallest absolute Gasteiger partial charge is 0.193 e. The molecule has 1 aromatic rings. The molecule has 1 fully saturated rings. The predicted molar refractivity (Wildman–Crippen MR) is 99.2 cm³/mol. The highest BCUT2D eigenvalue weighted by Gasteiger charge is 2.19. The van der Waals surface area contributed by atoms with Crippen LogP contribution < -0.4 is 11.1 Å². The molecule has 3 N–H and O–H groups in total. The van der Waals surface area contributed by atoms with Crippen molar-refractivity contribution >= 4 is 11.6 Å². The van der Waals surface area contributed by atoms with Gasteiger partial charge in [0.15, 0.2) is 5.96 Å². The molecule has 0 spiro atoms. The van der Waals surface area contributed by atoms with Crippen molar-refractivity contribution < 1.29 is 0 Å². The molecule has 1 aliphatic rings. The SMILES string of the molecule is Cc1ccc(NC(N)=NCCN2CCC(N(C)C)CC2)cc1C. The molecular weight excluding hydrogens is 286 g/mol. The maximum absolute atomic E-state index is 5.98. The Morgan fingerprint density at radius 1 is 1.26 bits per heavy atom. The van der Waals surface area contributed by atoms with Gasteiger partial charge in [0.25, 0.3) is 0 Å². The molecule has 1 aromatic carbocycles. The zero-order chi connectivity index (χ0) is 16.8. The lowest BCUT2D eigenvalue weighted by molar-refractivity contribution is 0.148. The topological polar surface area (TPSA) is 56.9 Å². The van der Waals surface area contributed by atoms with Crippen LogP contribution in [0.4, 0.5) is 5.69 Å². The molecule has 128 valence electrons. The normalized spacial score (nSPS) is 17.7. The average Bonchev–Trinajstić information content (AvgIpc) is 2.51. The summed E-state index contributed by atoms with van der Waals surface area (Å²) in [6, 6.07) is 6.96. The number of likely N-dealkylation sites (tertiary alicyclic amines) is 1. The molecule has 1 heterocycles. The number of guanidine groups is 1. The van der Waals surface area contributed by atoms with E-state index in [0.29, 0.717) is 5.96 Å². The quantitative estimate of drug-likeness (QED) is 0.645. The van der Waals surface area contributed by atoms with Crippen molar-refractivity contribution in [1.29, 1.82) is 0 Å². The molecule has 0 atom stereocenters. The molecule has 1 aliphatic heterocycles. The zero-order valence-electron chi connectivity index (χ0n) is 15.0. The van der Waals surface area contributed by atoms with Gasteiger partial charge in [0, 0.05) is 18.3 Å². The summed E-state index contributed by atoms with van der Waals surface area (Å²) in [6.45, 7) is 8.25. The number of benzene rings is 1. The fourth-order valence-electron chi connectivity index (χ4n) is 2.98. The molecule has 2 rings (SSSR count). The minimum Gasteiger partial charge on any atom is -0.370 e. The molecule has 0 unspecified atom stereocenters. The minimum absolute atomic E-state index is 0.497. The van der Waals surface area contributed by atoms with Gasteiger partial charge in [-0.2, -0.15) is 0 Å². The third-order valence-electron chi connectivity index (χ3n) is 4.77. The third-order valence-corrected chi connectivity index (χ3v) is 4.77. The second-order valence-electron chi connectivity index (χ2n) is 6.73. The third kappa shape index (κ3) is 5.52. The first kappa shape index (κ1) is 17.8. The van der Waals surface area contributed by atoms with E-state index in [1.54, 1.807) is 0 Å². The first-order valence-corrected chi connectivity index (χ1v) is 8.48. The van der Waals surface area contributed by atoms with E-state index in [9.17, 15) is 0 Å². The van der Waals surface area contributed by atoms with Crippen LogP contribution in [0, 0.1) is 13.8 Å². The van der Waals surface area contributed by atoms with Crippen LogP contribution in [0.15, 0.2) is 23.2 Å². The van der Waals surface area contributed by atoms with Gasteiger partial charge in [-0.1, -0.05) is 6.07 Å². The minimum atomic E-state index is 0.497. The van der Waals surface area contributed by atoms with Gasteiger partial charge in [0.2, 0.25) is 0 Å². The summed E-state index contributed by atoms with van der Waals surface area (Å²) in [5.41, 5.74) is 9.53. The van der Waals surface area contributed by atoms with E-state index in [2.05, 4.69) is 60.2 Å². The number of nitrogens with one attached hydrogen (secondary N) is 1. The molecule has 5 nitrogen and oxygen atoms in total. The highest BCUT2D eigenvalue weighted by molar-refractivity contribution is 5.92. The molecular formula is C18H31N5. The number of nitrogens with two attached hydrogens (primary N) is 1. The fraction of sp³-hybridized carbons (Fsp3) is 0.611. The van der Waals surface area contributed by atoms with Crippen molar-refractivity contribution in [2.24, 2.45) is 10.7 Å². The first-order chi connectivity index (χ1) is 11.0. The Bertz CT molecular complexity index is 530. The Labute approximate surface area is 140 Å². The summed E-state index contributed by atoms with van der Waals surface area (Å²) in [6.07, 6.45) is 2.49. The number of piperidine rings is 1. The molecule has 0 amide bonds. The number of aliphatic imine (C=N–C) groups is 1. The standard InChI is InChI=1S/C18H31N5/c1-14-5-6-16(13-15(14)2)21-18(19)20-9-12-23-10-7-17(8-11-23)22(3)4/h5-6,13,17H,7-12H2,1-4H3,(H3,19,20,21). The van der Waals surface area contributed by atoms with Crippen molar-refractivity contribution in [2.45, 2.75) is 32.7 Å². The molecule has 23 heavy (non-hydrogen) atoms. The van der Waals surface area contributed by atoms with Crippen LogP contribution in [-0.2, 0) is 0 Å². The van der Waals surface area contributed by atoms with Crippen molar-refractivity contribution in [3.05, 3.63) is 29.3 Å². The van der Waals surface area contributed by atoms with Crippen LogP contribution in [0.5, 0.6) is 0 Å². The number of hydrogen-bond donors (Lipinski definition) is 2. The summed E-state index contributed by atoms with van der Waals surface area (Å²) >= 11 is 0. The number of aryl methyl sites for hydroxylation is 2. The van der Waals surface area contributed by atoms with Crippen LogP contribution >= 0.6 is 0 Å². The lowest BCUT2D eigenvalue weighted by Gasteiger charge is -2.34.